The lowest BCUT2D eigenvalue weighted by Crippen LogP contribution is -2.43. The zero-order valence-electron chi connectivity index (χ0n) is 14.6. The molecule has 0 aromatic carbocycles. The number of carbonyl (C=O) groups excluding carboxylic acids is 1. The van der Waals surface area contributed by atoms with Crippen LogP contribution in [-0.2, 0) is 4.74 Å². The van der Waals surface area contributed by atoms with Crippen LogP contribution in [0.1, 0.15) is 29.8 Å². The maximum atomic E-state index is 11.7. The summed E-state index contributed by atoms with van der Waals surface area (Å²) >= 11 is 0. The first kappa shape index (κ1) is 18.3. The Hall–Kier alpha value is -2.02. The highest BCUT2D eigenvalue weighted by atomic mass is 16.5. The van der Waals surface area contributed by atoms with Gasteiger partial charge in [0.05, 0.1) is 6.26 Å². The lowest BCUT2D eigenvalue weighted by atomic mass is 9.96. The van der Waals surface area contributed by atoms with Crippen LogP contribution in [0, 0.1) is 5.92 Å². The van der Waals surface area contributed by atoms with Gasteiger partial charge in [-0.2, -0.15) is 0 Å². The Morgan fingerprint density at radius 2 is 2.08 bits per heavy atom. The number of amides is 1. The molecule has 1 amide bonds. The summed E-state index contributed by atoms with van der Waals surface area (Å²) in [6.07, 6.45) is 4.94. The molecule has 0 atom stereocenters. The van der Waals surface area contributed by atoms with Gasteiger partial charge in [0, 0.05) is 46.9 Å². The number of hydrogen-bond acceptors (Lipinski definition) is 4. The van der Waals surface area contributed by atoms with Gasteiger partial charge >= 0.3 is 0 Å². The minimum atomic E-state index is -0.204. The lowest BCUT2D eigenvalue weighted by molar-refractivity contribution is 0.0625. The van der Waals surface area contributed by atoms with Gasteiger partial charge in [0.2, 0.25) is 0 Å². The van der Waals surface area contributed by atoms with E-state index in [1.165, 1.54) is 6.26 Å². The standard InChI is InChI=1S/C17H28N4O3/c1-18-17(21(2)10-5-14-6-12-23-13-7-14)20-9-8-19-16(22)15-4-3-11-24-15/h3-4,11,14H,5-10,12-13H2,1-2H3,(H,18,20)(H,19,22). The average Bonchev–Trinajstić information content (AvgIpc) is 3.15. The quantitative estimate of drug-likeness (QED) is 0.446. The van der Waals surface area contributed by atoms with E-state index in [4.69, 9.17) is 9.15 Å². The van der Waals surface area contributed by atoms with Crippen LogP contribution in [0.5, 0.6) is 0 Å². The minimum Gasteiger partial charge on any atom is -0.459 e. The number of carbonyl (C=O) groups is 1. The van der Waals surface area contributed by atoms with Gasteiger partial charge in [-0.25, -0.2) is 0 Å². The van der Waals surface area contributed by atoms with Crippen LogP contribution in [0.2, 0.25) is 0 Å². The molecule has 0 unspecified atom stereocenters. The summed E-state index contributed by atoms with van der Waals surface area (Å²) in [5.74, 6) is 1.71. The van der Waals surface area contributed by atoms with E-state index in [0.29, 0.717) is 18.8 Å². The van der Waals surface area contributed by atoms with Crippen LogP contribution in [0.15, 0.2) is 27.8 Å². The topological polar surface area (TPSA) is 79.1 Å². The van der Waals surface area contributed by atoms with E-state index in [2.05, 4.69) is 20.5 Å². The third-order valence-corrected chi connectivity index (χ3v) is 4.23. The van der Waals surface area contributed by atoms with Gasteiger partial charge in [0.15, 0.2) is 11.7 Å². The molecule has 134 valence electrons. The number of rotatable bonds is 7. The second kappa shape index (κ2) is 9.97. The maximum absolute atomic E-state index is 11.7. The van der Waals surface area contributed by atoms with Gasteiger partial charge in [-0.15, -0.1) is 0 Å². The minimum absolute atomic E-state index is 0.204. The Labute approximate surface area is 143 Å². The van der Waals surface area contributed by atoms with Crippen molar-refractivity contribution in [3.63, 3.8) is 0 Å². The predicted octanol–water partition coefficient (Wildman–Crippen LogP) is 1.33. The summed E-state index contributed by atoms with van der Waals surface area (Å²) in [6.45, 7) is 3.85. The van der Waals surface area contributed by atoms with E-state index in [0.717, 1.165) is 50.9 Å². The molecule has 2 heterocycles. The molecule has 7 nitrogen and oxygen atoms in total. The zero-order valence-corrected chi connectivity index (χ0v) is 14.6. The van der Waals surface area contributed by atoms with Crippen molar-refractivity contribution in [1.82, 2.24) is 15.5 Å². The highest BCUT2D eigenvalue weighted by Crippen LogP contribution is 2.18. The van der Waals surface area contributed by atoms with E-state index < -0.39 is 0 Å². The van der Waals surface area contributed by atoms with E-state index in [-0.39, 0.29) is 5.91 Å². The highest BCUT2D eigenvalue weighted by Gasteiger charge is 2.15. The summed E-state index contributed by atoms with van der Waals surface area (Å²) in [4.78, 5) is 18.2. The first-order valence-corrected chi connectivity index (χ1v) is 8.52. The number of nitrogens with zero attached hydrogens (tertiary/aromatic N) is 2. The second-order valence-corrected chi connectivity index (χ2v) is 5.97. The molecule has 1 aromatic rings. The lowest BCUT2D eigenvalue weighted by Gasteiger charge is -2.26. The van der Waals surface area contributed by atoms with Crippen molar-refractivity contribution in [2.75, 3.05) is 46.9 Å². The molecule has 2 rings (SSSR count). The largest absolute Gasteiger partial charge is 0.459 e. The van der Waals surface area contributed by atoms with Crippen molar-refractivity contribution in [1.29, 1.82) is 0 Å². The molecule has 0 aliphatic carbocycles. The van der Waals surface area contributed by atoms with Crippen LogP contribution in [-0.4, -0.2) is 63.7 Å². The Morgan fingerprint density at radius 1 is 1.33 bits per heavy atom. The van der Waals surface area contributed by atoms with Crippen LogP contribution < -0.4 is 10.6 Å². The molecule has 1 aliphatic heterocycles. The normalized spacial score (nSPS) is 16.0. The first-order chi connectivity index (χ1) is 11.7. The monoisotopic (exact) mass is 336 g/mol. The van der Waals surface area contributed by atoms with Crippen molar-refractivity contribution in [2.24, 2.45) is 10.9 Å². The fraction of sp³-hybridized carbons (Fsp3) is 0.647. The third kappa shape index (κ3) is 5.88. The Balaban J connectivity index is 1.63. The molecule has 1 saturated heterocycles. The maximum Gasteiger partial charge on any atom is 0.287 e. The Bertz CT molecular complexity index is 510. The molecule has 0 spiro atoms. The molecule has 1 aliphatic rings. The van der Waals surface area contributed by atoms with Gasteiger partial charge in [0.1, 0.15) is 0 Å². The van der Waals surface area contributed by atoms with Gasteiger partial charge < -0.3 is 24.7 Å². The number of hydrogen-bond donors (Lipinski definition) is 2. The summed E-state index contributed by atoms with van der Waals surface area (Å²) in [5, 5.41) is 6.07. The summed E-state index contributed by atoms with van der Waals surface area (Å²) in [5.41, 5.74) is 0. The molecule has 0 saturated carbocycles. The smallest absolute Gasteiger partial charge is 0.287 e. The van der Waals surface area contributed by atoms with Crippen molar-refractivity contribution >= 4 is 11.9 Å². The first-order valence-electron chi connectivity index (χ1n) is 8.52. The number of nitrogens with one attached hydrogen (secondary N) is 2. The van der Waals surface area contributed by atoms with Crippen molar-refractivity contribution in [3.05, 3.63) is 24.2 Å². The Morgan fingerprint density at radius 3 is 2.75 bits per heavy atom. The average molecular weight is 336 g/mol. The molecule has 0 radical (unpaired) electrons. The number of guanidine groups is 1. The van der Waals surface area contributed by atoms with Crippen LogP contribution in [0.3, 0.4) is 0 Å². The van der Waals surface area contributed by atoms with E-state index in [9.17, 15) is 4.79 Å². The number of aliphatic imine (C=N–C) groups is 1. The van der Waals surface area contributed by atoms with Crippen LogP contribution in [0.4, 0.5) is 0 Å². The summed E-state index contributed by atoms with van der Waals surface area (Å²) < 4.78 is 10.4. The molecule has 1 aromatic heterocycles. The molecular formula is C17H28N4O3. The van der Waals surface area contributed by atoms with E-state index in [1.807, 2.05) is 7.05 Å². The van der Waals surface area contributed by atoms with Crippen molar-refractivity contribution < 1.29 is 13.9 Å². The fourth-order valence-electron chi connectivity index (χ4n) is 2.75. The van der Waals surface area contributed by atoms with Gasteiger partial charge in [0.25, 0.3) is 5.91 Å². The van der Waals surface area contributed by atoms with Crippen LogP contribution in [0.25, 0.3) is 0 Å². The molecule has 2 N–H and O–H groups in total. The second-order valence-electron chi connectivity index (χ2n) is 5.97. The van der Waals surface area contributed by atoms with Crippen molar-refractivity contribution in [2.45, 2.75) is 19.3 Å². The molecule has 1 fully saturated rings. The molecule has 24 heavy (non-hydrogen) atoms. The SMILES string of the molecule is CN=C(NCCNC(=O)c1ccco1)N(C)CCC1CCOCC1. The fourth-order valence-corrected chi connectivity index (χ4v) is 2.75. The van der Waals surface area contributed by atoms with E-state index >= 15 is 0 Å². The summed E-state index contributed by atoms with van der Waals surface area (Å²) in [6, 6.07) is 3.34. The predicted molar refractivity (Wildman–Crippen MR) is 93.2 cm³/mol. The van der Waals surface area contributed by atoms with Crippen molar-refractivity contribution in [3.8, 4) is 0 Å². The van der Waals surface area contributed by atoms with Crippen LogP contribution >= 0.6 is 0 Å². The summed E-state index contributed by atoms with van der Waals surface area (Å²) in [7, 11) is 3.81. The zero-order chi connectivity index (χ0) is 17.2. The van der Waals surface area contributed by atoms with Gasteiger partial charge in [-0.3, -0.25) is 9.79 Å². The Kier molecular flexibility index (Phi) is 7.61. The number of ether oxygens (including phenoxy) is 1. The molecule has 0 bridgehead atoms. The van der Waals surface area contributed by atoms with E-state index in [1.54, 1.807) is 19.2 Å². The highest BCUT2D eigenvalue weighted by molar-refractivity contribution is 5.91. The molecular weight excluding hydrogens is 308 g/mol. The molecule has 7 heteroatoms. The van der Waals surface area contributed by atoms with Gasteiger partial charge in [-0.05, 0) is 37.3 Å². The van der Waals surface area contributed by atoms with Gasteiger partial charge in [-0.1, -0.05) is 0 Å². The third-order valence-electron chi connectivity index (χ3n) is 4.23. The number of furan rings is 1.